The van der Waals surface area contributed by atoms with Gasteiger partial charge in [-0.05, 0) is 6.07 Å². The molecule has 27 heavy (non-hydrogen) atoms. The van der Waals surface area contributed by atoms with Crippen LogP contribution >= 0.6 is 11.6 Å². The lowest BCUT2D eigenvalue weighted by molar-refractivity contribution is 0.0974. The number of rotatable bonds is 2. The summed E-state index contributed by atoms with van der Waals surface area (Å²) in [6.45, 7) is 5.17. The molecule has 2 fully saturated rings. The monoisotopic (exact) mass is 388 g/mol. The van der Waals surface area contributed by atoms with E-state index >= 15 is 0 Å². The molecule has 5 rings (SSSR count). The van der Waals surface area contributed by atoms with E-state index in [1.165, 1.54) is 0 Å². The second-order valence-corrected chi connectivity index (χ2v) is 7.40. The van der Waals surface area contributed by atoms with E-state index in [0.717, 1.165) is 48.7 Å². The van der Waals surface area contributed by atoms with Crippen molar-refractivity contribution in [3.8, 4) is 11.3 Å². The highest BCUT2D eigenvalue weighted by molar-refractivity contribution is 6.33. The number of nitrogens with zero attached hydrogens (tertiary/aromatic N) is 5. The summed E-state index contributed by atoms with van der Waals surface area (Å²) in [5.41, 5.74) is 8.53. The van der Waals surface area contributed by atoms with Crippen molar-refractivity contribution in [2.45, 2.75) is 12.5 Å². The van der Waals surface area contributed by atoms with Crippen molar-refractivity contribution in [1.82, 2.24) is 15.0 Å². The molecule has 3 aliphatic heterocycles. The average molecular weight is 389 g/mol. The fraction of sp³-hybridized carbons (Fsp3) is 0.500. The van der Waals surface area contributed by atoms with Crippen LogP contribution in [-0.2, 0) is 15.9 Å². The zero-order valence-corrected chi connectivity index (χ0v) is 15.7. The van der Waals surface area contributed by atoms with Crippen LogP contribution in [0.15, 0.2) is 12.3 Å². The highest BCUT2D eigenvalue weighted by Gasteiger charge is 2.37. The predicted octanol–water partition coefficient (Wildman–Crippen LogP) is 1.37. The first-order valence-electron chi connectivity index (χ1n) is 9.20. The van der Waals surface area contributed by atoms with Gasteiger partial charge in [0.05, 0.1) is 43.2 Å². The van der Waals surface area contributed by atoms with Gasteiger partial charge < -0.3 is 25.0 Å². The lowest BCUT2D eigenvalue weighted by Crippen LogP contribution is -2.43. The quantitative estimate of drug-likeness (QED) is 0.825. The number of pyridine rings is 1. The summed E-state index contributed by atoms with van der Waals surface area (Å²) in [5, 5.41) is 0.553. The van der Waals surface area contributed by atoms with Gasteiger partial charge in [-0.15, -0.1) is 0 Å². The molecule has 0 aliphatic carbocycles. The van der Waals surface area contributed by atoms with Crippen LogP contribution in [0.5, 0.6) is 0 Å². The fourth-order valence-corrected chi connectivity index (χ4v) is 4.22. The van der Waals surface area contributed by atoms with Crippen molar-refractivity contribution in [2.24, 2.45) is 0 Å². The number of aromatic nitrogens is 3. The van der Waals surface area contributed by atoms with Crippen LogP contribution in [-0.4, -0.2) is 67.1 Å². The maximum Gasteiger partial charge on any atom is 0.228 e. The molecule has 0 amide bonds. The third kappa shape index (κ3) is 2.97. The van der Waals surface area contributed by atoms with Crippen LogP contribution in [0.3, 0.4) is 0 Å². The van der Waals surface area contributed by atoms with E-state index < -0.39 is 0 Å². The first kappa shape index (κ1) is 17.0. The molecular formula is C18H21ClN6O2. The highest BCUT2D eigenvalue weighted by atomic mass is 35.5. The minimum atomic E-state index is 0.294. The summed E-state index contributed by atoms with van der Waals surface area (Å²) in [6.07, 6.45) is 2.55. The predicted molar refractivity (Wildman–Crippen MR) is 103 cm³/mol. The van der Waals surface area contributed by atoms with Gasteiger partial charge in [0.2, 0.25) is 5.95 Å². The molecule has 0 unspecified atom stereocenters. The maximum atomic E-state index is 6.50. The van der Waals surface area contributed by atoms with Crippen LogP contribution < -0.4 is 15.5 Å². The molecule has 8 nitrogen and oxygen atoms in total. The van der Waals surface area contributed by atoms with Gasteiger partial charge in [0.25, 0.3) is 0 Å². The number of ether oxygens (including phenoxy) is 2. The van der Waals surface area contributed by atoms with Gasteiger partial charge in [-0.2, -0.15) is 4.98 Å². The zero-order chi connectivity index (χ0) is 18.4. The molecule has 0 aromatic carbocycles. The van der Waals surface area contributed by atoms with E-state index in [9.17, 15) is 0 Å². The van der Waals surface area contributed by atoms with Gasteiger partial charge in [0, 0.05) is 43.4 Å². The van der Waals surface area contributed by atoms with Gasteiger partial charge in [-0.25, -0.2) is 9.97 Å². The second-order valence-electron chi connectivity index (χ2n) is 6.99. The van der Waals surface area contributed by atoms with Gasteiger partial charge in [0.15, 0.2) is 0 Å². The number of anilines is 3. The molecule has 2 aromatic heterocycles. The number of morpholine rings is 2. The van der Waals surface area contributed by atoms with Crippen LogP contribution in [0.1, 0.15) is 5.56 Å². The molecule has 9 heteroatoms. The molecule has 2 N–H and O–H groups in total. The van der Waals surface area contributed by atoms with E-state index in [1.807, 2.05) is 0 Å². The van der Waals surface area contributed by atoms with Crippen molar-refractivity contribution >= 4 is 29.2 Å². The van der Waals surface area contributed by atoms with Crippen molar-refractivity contribution < 1.29 is 9.47 Å². The molecule has 3 aliphatic rings. The molecule has 2 saturated heterocycles. The normalized spacial score (nSPS) is 21.9. The minimum Gasteiger partial charge on any atom is -0.384 e. The zero-order valence-electron chi connectivity index (χ0n) is 14.9. The van der Waals surface area contributed by atoms with E-state index in [1.54, 1.807) is 12.3 Å². The SMILES string of the molecule is Nc1cc(Cl)c(-c2nc(N3CCOCC3)nc3c2C[C@@H]2COCCN32)cn1. The number of hydrogen-bond acceptors (Lipinski definition) is 8. The Kier molecular flexibility index (Phi) is 4.26. The molecule has 1 atom stereocenters. The Labute approximate surface area is 162 Å². The van der Waals surface area contributed by atoms with Gasteiger partial charge in [-0.1, -0.05) is 11.6 Å². The summed E-state index contributed by atoms with van der Waals surface area (Å²) in [4.78, 5) is 18.6. The summed E-state index contributed by atoms with van der Waals surface area (Å²) in [7, 11) is 0. The number of nitrogen functional groups attached to an aromatic ring is 1. The van der Waals surface area contributed by atoms with E-state index in [4.69, 9.17) is 36.8 Å². The lowest BCUT2D eigenvalue weighted by atomic mass is 10.0. The molecule has 0 bridgehead atoms. The van der Waals surface area contributed by atoms with Crippen LogP contribution in [0.4, 0.5) is 17.6 Å². The average Bonchev–Trinajstić information content (AvgIpc) is 3.07. The minimum absolute atomic E-state index is 0.294. The Balaban J connectivity index is 1.65. The molecule has 0 saturated carbocycles. The van der Waals surface area contributed by atoms with E-state index in [2.05, 4.69) is 14.8 Å². The van der Waals surface area contributed by atoms with Crippen LogP contribution in [0.2, 0.25) is 5.02 Å². The Bertz CT molecular complexity index is 873. The fourth-order valence-electron chi connectivity index (χ4n) is 3.97. The Morgan fingerprint density at radius 2 is 1.93 bits per heavy atom. The molecule has 0 spiro atoms. The first-order chi connectivity index (χ1) is 13.2. The summed E-state index contributed by atoms with van der Waals surface area (Å²) in [5.74, 6) is 2.10. The topological polar surface area (TPSA) is 89.6 Å². The largest absolute Gasteiger partial charge is 0.384 e. The van der Waals surface area contributed by atoms with Crippen molar-refractivity contribution in [2.75, 3.05) is 61.6 Å². The van der Waals surface area contributed by atoms with Gasteiger partial charge >= 0.3 is 0 Å². The van der Waals surface area contributed by atoms with Crippen molar-refractivity contribution in [3.05, 3.63) is 22.8 Å². The standard InChI is InChI=1S/C18H21ClN6O2/c19-14-8-15(20)21-9-13(14)16-12-7-11-10-27-6-3-25(11)17(12)23-18(22-16)24-1-4-26-5-2-24/h8-9,11H,1-7,10H2,(H2,20,21)/t11-/m1/s1. The number of nitrogens with two attached hydrogens (primary N) is 1. The lowest BCUT2D eigenvalue weighted by Gasteiger charge is -2.32. The van der Waals surface area contributed by atoms with E-state index in [0.29, 0.717) is 49.3 Å². The van der Waals surface area contributed by atoms with Crippen molar-refractivity contribution in [1.29, 1.82) is 0 Å². The number of fused-ring (bicyclic) bond motifs is 3. The van der Waals surface area contributed by atoms with Crippen LogP contribution in [0, 0.1) is 0 Å². The number of hydrogen-bond donors (Lipinski definition) is 1. The Hall–Kier alpha value is -2.16. The van der Waals surface area contributed by atoms with Crippen LogP contribution in [0.25, 0.3) is 11.3 Å². The molecule has 0 radical (unpaired) electrons. The Morgan fingerprint density at radius 3 is 2.74 bits per heavy atom. The summed E-state index contributed by atoms with van der Waals surface area (Å²) < 4.78 is 11.2. The highest BCUT2D eigenvalue weighted by Crippen LogP contribution is 2.41. The summed E-state index contributed by atoms with van der Waals surface area (Å²) in [6, 6.07) is 1.97. The maximum absolute atomic E-state index is 6.50. The first-order valence-corrected chi connectivity index (χ1v) is 9.58. The van der Waals surface area contributed by atoms with E-state index in [-0.39, 0.29) is 0 Å². The van der Waals surface area contributed by atoms with Gasteiger partial charge in [0.1, 0.15) is 11.6 Å². The number of halogens is 1. The Morgan fingerprint density at radius 1 is 1.11 bits per heavy atom. The second kappa shape index (κ2) is 6.78. The third-order valence-electron chi connectivity index (χ3n) is 5.34. The van der Waals surface area contributed by atoms with Crippen molar-refractivity contribution in [3.63, 3.8) is 0 Å². The molecule has 5 heterocycles. The molecule has 2 aromatic rings. The smallest absolute Gasteiger partial charge is 0.228 e. The van der Waals surface area contributed by atoms with Gasteiger partial charge in [-0.3, -0.25) is 0 Å². The molecular weight excluding hydrogens is 368 g/mol. The third-order valence-corrected chi connectivity index (χ3v) is 5.65. The summed E-state index contributed by atoms with van der Waals surface area (Å²) >= 11 is 6.50. The molecule has 142 valence electrons.